The van der Waals surface area contributed by atoms with Gasteiger partial charge in [-0.05, 0) is 60.3 Å². The smallest absolute Gasteiger partial charge is 0.229 e. The van der Waals surface area contributed by atoms with E-state index < -0.39 is 13.3 Å². The third kappa shape index (κ3) is 6.11. The van der Waals surface area contributed by atoms with Gasteiger partial charge in [-0.25, -0.2) is 9.37 Å². The maximum absolute atomic E-state index is 14.0. The summed E-state index contributed by atoms with van der Waals surface area (Å²) < 4.78 is 35.6. The van der Waals surface area contributed by atoms with Crippen molar-refractivity contribution in [1.82, 2.24) is 29.7 Å². The van der Waals surface area contributed by atoms with Crippen LogP contribution in [0.5, 0.6) is 5.75 Å². The Morgan fingerprint density at radius 1 is 1.05 bits per heavy atom. The van der Waals surface area contributed by atoms with Crippen molar-refractivity contribution in [2.75, 3.05) is 49.1 Å². The zero-order chi connectivity index (χ0) is 31.0. The first-order chi connectivity index (χ1) is 21.1. The number of rotatable bonds is 8. The second kappa shape index (κ2) is 12.1. The lowest BCUT2D eigenvalue weighted by Crippen LogP contribution is -2.34. The highest BCUT2D eigenvalue weighted by Crippen LogP contribution is 2.43. The molecule has 0 radical (unpaired) electrons. The van der Waals surface area contributed by atoms with Crippen molar-refractivity contribution in [1.29, 1.82) is 0 Å². The van der Waals surface area contributed by atoms with Crippen molar-refractivity contribution >= 4 is 68.2 Å². The number of anilines is 5. The lowest BCUT2D eigenvalue weighted by Gasteiger charge is -2.32. The van der Waals surface area contributed by atoms with Crippen LogP contribution in [0.15, 0.2) is 59.7 Å². The van der Waals surface area contributed by atoms with Crippen LogP contribution in [0, 0.1) is 0 Å². The van der Waals surface area contributed by atoms with Crippen LogP contribution in [0.3, 0.4) is 0 Å². The summed E-state index contributed by atoms with van der Waals surface area (Å²) in [5.74, 6) is 1.37. The average Bonchev–Trinajstić information content (AvgIpc) is 3.44. The van der Waals surface area contributed by atoms with E-state index in [9.17, 15) is 8.96 Å². The van der Waals surface area contributed by atoms with E-state index in [1.54, 1.807) is 49.9 Å². The van der Waals surface area contributed by atoms with Gasteiger partial charge in [0, 0.05) is 67.8 Å². The van der Waals surface area contributed by atoms with Crippen LogP contribution >= 0.6 is 23.1 Å². The summed E-state index contributed by atoms with van der Waals surface area (Å²) in [5, 5.41) is 11.6. The minimum atomic E-state index is -2.77. The number of methoxy groups -OCH3 is 1. The highest BCUT2D eigenvalue weighted by Gasteiger charge is 2.25. The summed E-state index contributed by atoms with van der Waals surface area (Å²) >= 11 is 3.55. The van der Waals surface area contributed by atoms with Crippen LogP contribution < -0.4 is 25.6 Å². The van der Waals surface area contributed by atoms with Crippen molar-refractivity contribution in [3.8, 4) is 16.9 Å². The van der Waals surface area contributed by atoms with Gasteiger partial charge >= 0.3 is 0 Å². The Balaban J connectivity index is 1.37. The van der Waals surface area contributed by atoms with Gasteiger partial charge < -0.3 is 24.8 Å². The molecule has 0 aliphatic carbocycles. The fourth-order valence-corrected chi connectivity index (χ4v) is 7.09. The van der Waals surface area contributed by atoms with Gasteiger partial charge in [-0.3, -0.25) is 14.6 Å². The zero-order valence-corrected chi connectivity index (χ0v) is 27.2. The number of ether oxygens (including phenoxy) is 1. The first-order valence-electron chi connectivity index (χ1n) is 14.1. The Hall–Kier alpha value is -4.09. The van der Waals surface area contributed by atoms with Gasteiger partial charge in [0.1, 0.15) is 30.4 Å². The average molecular weight is 681 g/mol. The predicted molar refractivity (Wildman–Crippen MR) is 176 cm³/mol. The van der Waals surface area contributed by atoms with E-state index in [-0.39, 0.29) is 0 Å². The number of hydrogen-bond donors (Lipinski definition) is 2. The number of nitrogens with one attached hydrogen (secondary N) is 2. The molecule has 0 atom stereocenters. The van der Waals surface area contributed by atoms with Gasteiger partial charge in [0.25, 0.3) is 0 Å². The maximum Gasteiger partial charge on any atom is 0.229 e. The first kappa shape index (κ1) is 30.0. The van der Waals surface area contributed by atoms with Crippen LogP contribution in [0.25, 0.3) is 22.2 Å². The molecule has 1 aliphatic rings. The Kier molecular flexibility index (Phi) is 8.26. The summed E-state index contributed by atoms with van der Waals surface area (Å²) in [6.45, 7) is 4.64. The van der Waals surface area contributed by atoms with Crippen molar-refractivity contribution in [3.05, 3.63) is 59.7 Å². The number of aryl methyl sites for hydroxylation is 1. The molecule has 1 aliphatic heterocycles. The molecule has 1 fully saturated rings. The number of alkyl halides is 1. The van der Waals surface area contributed by atoms with Gasteiger partial charge in [0.05, 0.1) is 40.0 Å². The predicted octanol–water partition coefficient (Wildman–Crippen LogP) is 6.26. The van der Waals surface area contributed by atoms with Crippen LogP contribution in [0.4, 0.5) is 33.2 Å². The minimum absolute atomic E-state index is 0.315. The zero-order valence-electron chi connectivity index (χ0n) is 24.8. The molecule has 228 valence electrons. The monoisotopic (exact) mass is 679 g/mol. The largest absolute Gasteiger partial charge is 0.494 e. The van der Waals surface area contributed by atoms with E-state index in [1.807, 2.05) is 37.5 Å². The van der Waals surface area contributed by atoms with Gasteiger partial charge in [-0.1, -0.05) is 0 Å². The molecule has 2 aromatic carbocycles. The highest BCUT2D eigenvalue weighted by molar-refractivity contribution is 9.10. The second-order valence-corrected chi connectivity index (χ2v) is 15.0. The van der Waals surface area contributed by atoms with E-state index in [2.05, 4.69) is 51.5 Å². The van der Waals surface area contributed by atoms with E-state index in [1.165, 1.54) is 0 Å². The standard InChI is InChI=1S/C30H32BrFN9O2P/c1-40-17-18(15-36-40)20-13-24(26(43-2)14-25(20)41-11-7-19(32)8-12-41)38-30-35-16-21(31)29(39-30)37-23-6-5-22-27(34-10-9-33-22)28(23)44(3,4)42/h5-6,9-10,13-17,19H,7-8,11-12H2,1-4H3,(H2,35,37,38,39). The van der Waals surface area contributed by atoms with Crippen molar-refractivity contribution in [2.24, 2.45) is 7.05 Å². The second-order valence-electron chi connectivity index (χ2n) is 11.0. The SMILES string of the molecule is COc1cc(N2CCC(F)CC2)c(-c2cnn(C)c2)cc1Nc1ncc(Br)c(Nc2ccc3nccnc3c2P(C)(C)=O)n1. The molecule has 5 aromatic rings. The Morgan fingerprint density at radius 2 is 1.82 bits per heavy atom. The molecule has 0 spiro atoms. The molecule has 0 unspecified atom stereocenters. The van der Waals surface area contributed by atoms with E-state index in [4.69, 9.17) is 9.72 Å². The number of piperidine rings is 1. The molecule has 1 saturated heterocycles. The molecule has 2 N–H and O–H groups in total. The molecule has 44 heavy (non-hydrogen) atoms. The summed E-state index contributed by atoms with van der Waals surface area (Å²) in [7, 11) is 0.704. The number of halogens is 2. The van der Waals surface area contributed by atoms with Crippen LogP contribution in [0.2, 0.25) is 0 Å². The molecule has 0 saturated carbocycles. The number of benzene rings is 2. The van der Waals surface area contributed by atoms with E-state index >= 15 is 0 Å². The Labute approximate surface area is 262 Å². The molecule has 3 aromatic heterocycles. The number of nitrogens with zero attached hydrogens (tertiary/aromatic N) is 7. The number of hydrogen-bond acceptors (Lipinski definition) is 10. The van der Waals surface area contributed by atoms with Crippen LogP contribution in [-0.2, 0) is 11.6 Å². The maximum atomic E-state index is 14.0. The topological polar surface area (TPSA) is 123 Å². The quantitative estimate of drug-likeness (QED) is 0.182. The summed E-state index contributed by atoms with van der Waals surface area (Å²) in [4.78, 5) is 20.3. The van der Waals surface area contributed by atoms with E-state index in [0.29, 0.717) is 75.6 Å². The van der Waals surface area contributed by atoms with Crippen molar-refractivity contribution < 1.29 is 13.7 Å². The van der Waals surface area contributed by atoms with Crippen molar-refractivity contribution in [2.45, 2.75) is 19.0 Å². The van der Waals surface area contributed by atoms with Gasteiger partial charge in [0.2, 0.25) is 5.95 Å². The molecular formula is C30H32BrFN9O2P. The number of fused-ring (bicyclic) bond motifs is 1. The third-order valence-corrected chi connectivity index (χ3v) is 9.60. The summed E-state index contributed by atoms with van der Waals surface area (Å²) in [5.41, 5.74) is 5.31. The normalized spacial score (nSPS) is 14.2. The first-order valence-corrected chi connectivity index (χ1v) is 17.5. The summed E-state index contributed by atoms with van der Waals surface area (Å²) in [6.07, 6.45) is 8.77. The van der Waals surface area contributed by atoms with Crippen LogP contribution in [0.1, 0.15) is 12.8 Å². The Morgan fingerprint density at radius 3 is 2.52 bits per heavy atom. The summed E-state index contributed by atoms with van der Waals surface area (Å²) in [6, 6.07) is 7.61. The van der Waals surface area contributed by atoms with Crippen molar-refractivity contribution in [3.63, 3.8) is 0 Å². The molecule has 6 rings (SSSR count). The molecule has 4 heterocycles. The van der Waals surface area contributed by atoms with Gasteiger partial charge in [-0.15, -0.1) is 0 Å². The van der Waals surface area contributed by atoms with Crippen LogP contribution in [-0.4, -0.2) is 69.4 Å². The third-order valence-electron chi connectivity index (χ3n) is 7.49. The molecule has 11 nitrogen and oxygen atoms in total. The molecule has 14 heteroatoms. The lowest BCUT2D eigenvalue weighted by atomic mass is 10.0. The number of aromatic nitrogens is 6. The highest BCUT2D eigenvalue weighted by atomic mass is 79.9. The fraction of sp³-hybridized carbons (Fsp3) is 0.300. The molecular weight excluding hydrogens is 648 g/mol. The molecule has 0 bridgehead atoms. The fourth-order valence-electron chi connectivity index (χ4n) is 5.41. The van der Waals surface area contributed by atoms with E-state index in [0.717, 1.165) is 16.8 Å². The Bertz CT molecular complexity index is 1890. The minimum Gasteiger partial charge on any atom is -0.494 e. The lowest BCUT2D eigenvalue weighted by molar-refractivity contribution is 0.277. The van der Waals surface area contributed by atoms with Gasteiger partial charge in [-0.2, -0.15) is 10.1 Å². The van der Waals surface area contributed by atoms with Gasteiger partial charge in [0.15, 0.2) is 0 Å². The molecule has 0 amide bonds.